The zero-order chi connectivity index (χ0) is 27.6. The number of rotatable bonds is 1. The summed E-state index contributed by atoms with van der Waals surface area (Å²) >= 11 is 0. The lowest BCUT2D eigenvalue weighted by molar-refractivity contribution is -0.816. The third kappa shape index (κ3) is 3.19. The Labute approximate surface area is 239 Å². The number of nitriles is 2. The summed E-state index contributed by atoms with van der Waals surface area (Å²) in [6, 6.07) is 39.0. The van der Waals surface area contributed by atoms with Crippen LogP contribution in [0.1, 0.15) is 40.6 Å². The fraction of sp³-hybridized carbons (Fsp3) is 0.135. The summed E-state index contributed by atoms with van der Waals surface area (Å²) in [5.41, 5.74) is 9.82. The van der Waals surface area contributed by atoms with Crippen molar-refractivity contribution in [3.63, 3.8) is 0 Å². The number of allylic oxidation sites excluding steroid dienone is 2. The predicted molar refractivity (Wildman–Crippen MR) is 156 cm³/mol. The van der Waals surface area contributed by atoms with Crippen LogP contribution in [0.4, 0.5) is 0 Å². The monoisotopic (exact) mass is 526 g/mol. The average molecular weight is 527 g/mol. The molecule has 0 saturated heterocycles. The Hall–Kier alpha value is -5.32. The van der Waals surface area contributed by atoms with Crippen LogP contribution in [0.15, 0.2) is 122 Å². The minimum Gasteiger partial charge on any atom is -0.194 e. The molecule has 41 heavy (non-hydrogen) atoms. The first-order valence-corrected chi connectivity index (χ1v) is 14.1. The van der Waals surface area contributed by atoms with Crippen molar-refractivity contribution in [3.8, 4) is 45.8 Å². The Morgan fingerprint density at radius 2 is 1.54 bits per heavy atom. The number of nitrogens with zero attached hydrogens (tertiary/aromatic N) is 4. The van der Waals surface area contributed by atoms with Crippen LogP contribution >= 0.6 is 0 Å². The predicted octanol–water partition coefficient (Wildman–Crippen LogP) is 6.56. The zero-order valence-corrected chi connectivity index (χ0v) is 22.4. The van der Waals surface area contributed by atoms with E-state index >= 15 is 0 Å². The van der Waals surface area contributed by atoms with Gasteiger partial charge >= 0.3 is 0 Å². The third-order valence-electron chi connectivity index (χ3n) is 9.33. The van der Waals surface area contributed by atoms with Crippen molar-refractivity contribution < 1.29 is 9.13 Å². The number of benzene rings is 3. The maximum absolute atomic E-state index is 10.2. The van der Waals surface area contributed by atoms with Gasteiger partial charge in [-0.1, -0.05) is 54.6 Å². The minimum absolute atomic E-state index is 0.236. The van der Waals surface area contributed by atoms with E-state index in [1.807, 2.05) is 12.1 Å². The Bertz CT molecular complexity index is 1990. The van der Waals surface area contributed by atoms with Gasteiger partial charge in [-0.2, -0.15) is 19.7 Å². The maximum atomic E-state index is 10.2. The van der Waals surface area contributed by atoms with Gasteiger partial charge in [0.2, 0.25) is 16.9 Å². The van der Waals surface area contributed by atoms with E-state index in [0.717, 1.165) is 34.4 Å². The third-order valence-corrected chi connectivity index (χ3v) is 9.33. The molecule has 1 aliphatic carbocycles. The Morgan fingerprint density at radius 1 is 0.732 bits per heavy atom. The van der Waals surface area contributed by atoms with E-state index in [4.69, 9.17) is 0 Å². The molecule has 192 valence electrons. The van der Waals surface area contributed by atoms with Gasteiger partial charge in [-0.25, -0.2) is 0 Å². The van der Waals surface area contributed by atoms with E-state index in [2.05, 4.69) is 131 Å². The minimum atomic E-state index is -0.292. The first-order valence-electron chi connectivity index (χ1n) is 14.1. The van der Waals surface area contributed by atoms with Crippen molar-refractivity contribution in [2.45, 2.75) is 30.3 Å². The summed E-state index contributed by atoms with van der Waals surface area (Å²) in [6.45, 7) is 0. The van der Waals surface area contributed by atoms with E-state index in [1.165, 1.54) is 16.8 Å². The van der Waals surface area contributed by atoms with E-state index in [1.54, 1.807) is 0 Å². The largest absolute Gasteiger partial charge is 0.221 e. The van der Waals surface area contributed by atoms with Crippen LogP contribution in [-0.2, 0) is 12.0 Å². The molecule has 0 radical (unpaired) electrons. The van der Waals surface area contributed by atoms with Crippen LogP contribution in [0.2, 0.25) is 0 Å². The normalized spacial score (nSPS) is 21.7. The lowest BCUT2D eigenvalue weighted by atomic mass is 9.56. The first-order chi connectivity index (χ1) is 20.2. The van der Waals surface area contributed by atoms with Gasteiger partial charge in [-0.15, -0.1) is 0 Å². The Balaban J connectivity index is 1.44. The SMILES string of the molecule is N#Cc1ccc2c(c1C#N)C/C=C/C1(CC3C1c1ccccc1-c1cccc[n+]13)[n+]1cccc(-c3ccccc3)c1-2. The van der Waals surface area contributed by atoms with E-state index < -0.39 is 0 Å². The quantitative estimate of drug-likeness (QED) is 0.184. The van der Waals surface area contributed by atoms with Crippen molar-refractivity contribution in [2.24, 2.45) is 0 Å². The molecule has 3 unspecified atom stereocenters. The molecule has 0 N–H and O–H groups in total. The number of hydrogen-bond acceptors (Lipinski definition) is 2. The standard InChI is InChI=1S/C37H26N4/c38-23-26-17-18-31-28(32(26)24-39)14-8-19-37(41-21-9-15-27(36(31)41)25-10-2-1-3-11-25)22-34-35(37)30-13-5-4-12-29(30)33-16-6-7-20-40(33)34/h1-13,15-21,34-35H,14,22H2/q+2/b19-8+. The van der Waals surface area contributed by atoms with Gasteiger partial charge in [-0.05, 0) is 59.5 Å². The van der Waals surface area contributed by atoms with Gasteiger partial charge in [0.15, 0.2) is 18.4 Å². The molecule has 4 heterocycles. The maximum Gasteiger partial charge on any atom is 0.221 e. The van der Waals surface area contributed by atoms with Gasteiger partial charge in [0.1, 0.15) is 18.1 Å². The number of hydrogen-bond donors (Lipinski definition) is 0. The molecule has 8 rings (SSSR count). The second kappa shape index (κ2) is 8.85. The van der Waals surface area contributed by atoms with E-state index in [9.17, 15) is 10.5 Å². The summed E-state index contributed by atoms with van der Waals surface area (Å²) in [5, 5.41) is 20.0. The fourth-order valence-electron chi connectivity index (χ4n) is 7.63. The summed E-state index contributed by atoms with van der Waals surface area (Å²) < 4.78 is 4.94. The highest BCUT2D eigenvalue weighted by atomic mass is 15.2. The molecule has 2 aromatic heterocycles. The fourth-order valence-corrected chi connectivity index (χ4v) is 7.63. The molecule has 3 aromatic carbocycles. The molecule has 3 atom stereocenters. The first kappa shape index (κ1) is 23.6. The van der Waals surface area contributed by atoms with Gasteiger partial charge in [0.25, 0.3) is 0 Å². The zero-order valence-electron chi connectivity index (χ0n) is 22.4. The molecule has 1 saturated carbocycles. The number of aromatic nitrogens is 2. The van der Waals surface area contributed by atoms with Crippen LogP contribution < -0.4 is 9.13 Å². The van der Waals surface area contributed by atoms with Crippen molar-refractivity contribution in [1.82, 2.24) is 0 Å². The molecule has 0 amide bonds. The summed E-state index contributed by atoms with van der Waals surface area (Å²) in [5.74, 6) is 0.236. The second-order valence-electron chi connectivity index (χ2n) is 11.2. The highest BCUT2D eigenvalue weighted by Gasteiger charge is 2.68. The Morgan fingerprint density at radius 3 is 2.39 bits per heavy atom. The van der Waals surface area contributed by atoms with Crippen LogP contribution in [0.5, 0.6) is 0 Å². The van der Waals surface area contributed by atoms with Crippen LogP contribution in [0, 0.1) is 22.7 Å². The van der Waals surface area contributed by atoms with Crippen LogP contribution in [-0.4, -0.2) is 0 Å². The molecule has 4 nitrogen and oxygen atoms in total. The van der Waals surface area contributed by atoms with E-state index in [-0.39, 0.29) is 11.5 Å². The number of pyridine rings is 2. The highest BCUT2D eigenvalue weighted by Crippen LogP contribution is 2.59. The molecule has 5 aromatic rings. The molecule has 1 spiro atoms. The molecule has 0 bridgehead atoms. The number of fused-ring (bicyclic) bond motifs is 11. The van der Waals surface area contributed by atoms with Gasteiger partial charge in [0.05, 0.1) is 34.2 Å². The highest BCUT2D eigenvalue weighted by molar-refractivity contribution is 5.82. The molecule has 2 aliphatic heterocycles. The topological polar surface area (TPSA) is 55.3 Å². The lowest BCUT2D eigenvalue weighted by Crippen LogP contribution is -2.73. The summed E-state index contributed by atoms with van der Waals surface area (Å²) in [4.78, 5) is 0. The van der Waals surface area contributed by atoms with Gasteiger partial charge in [0, 0.05) is 18.2 Å². The molecular weight excluding hydrogens is 500 g/mol. The smallest absolute Gasteiger partial charge is 0.194 e. The average Bonchev–Trinajstić information content (AvgIpc) is 3.01. The second-order valence-corrected chi connectivity index (χ2v) is 11.2. The van der Waals surface area contributed by atoms with E-state index in [0.29, 0.717) is 23.6 Å². The Kier molecular flexibility index (Phi) is 5.08. The van der Waals surface area contributed by atoms with Crippen molar-refractivity contribution >= 4 is 0 Å². The summed E-state index contributed by atoms with van der Waals surface area (Å²) in [6.07, 6.45) is 10.6. The van der Waals surface area contributed by atoms with Crippen LogP contribution in [0.3, 0.4) is 0 Å². The molecule has 4 heteroatoms. The van der Waals surface area contributed by atoms with Crippen LogP contribution in [0.25, 0.3) is 33.6 Å². The van der Waals surface area contributed by atoms with Crippen molar-refractivity contribution in [2.75, 3.05) is 0 Å². The van der Waals surface area contributed by atoms with Gasteiger partial charge < -0.3 is 0 Å². The lowest BCUT2D eigenvalue weighted by Gasteiger charge is -2.49. The molecule has 1 fully saturated rings. The summed E-state index contributed by atoms with van der Waals surface area (Å²) in [7, 11) is 0. The van der Waals surface area contributed by atoms with Crippen molar-refractivity contribution in [3.05, 3.63) is 144 Å². The molecular formula is C37H26N4+2. The van der Waals surface area contributed by atoms with Crippen molar-refractivity contribution in [1.29, 1.82) is 10.5 Å². The van der Waals surface area contributed by atoms with Gasteiger partial charge in [-0.3, -0.25) is 0 Å². The molecule has 3 aliphatic rings.